The Hall–Kier alpha value is -0.0400. The Morgan fingerprint density at radius 2 is 1.54 bits per heavy atom. The monoisotopic (exact) mass is 184 g/mol. The maximum Gasteiger partial charge on any atom is 0.0585 e. The average Bonchev–Trinajstić information content (AvgIpc) is 1.78. The van der Waals surface area contributed by atoms with E-state index in [0.29, 0.717) is 16.9 Å². The van der Waals surface area contributed by atoms with Crippen molar-refractivity contribution in [2.75, 3.05) is 6.61 Å². The Labute approximate surface area is 82.9 Å². The van der Waals surface area contributed by atoms with Crippen LogP contribution in [0.15, 0.2) is 0 Å². The summed E-state index contributed by atoms with van der Waals surface area (Å²) >= 11 is 0. The molecule has 0 amide bonds. The van der Waals surface area contributed by atoms with Gasteiger partial charge in [-0.05, 0) is 37.0 Å². The molecular formula is C12H24O. The molecule has 1 heteroatoms. The summed E-state index contributed by atoms with van der Waals surface area (Å²) < 4.78 is 5.75. The van der Waals surface area contributed by atoms with Gasteiger partial charge in [0.1, 0.15) is 0 Å². The fourth-order valence-corrected chi connectivity index (χ4v) is 3.10. The van der Waals surface area contributed by atoms with E-state index in [1.54, 1.807) is 0 Å². The third-order valence-electron chi connectivity index (χ3n) is 2.92. The van der Waals surface area contributed by atoms with Gasteiger partial charge in [-0.15, -0.1) is 0 Å². The highest BCUT2D eigenvalue weighted by molar-refractivity contribution is 4.89. The third kappa shape index (κ3) is 3.30. The van der Waals surface area contributed by atoms with Crippen molar-refractivity contribution < 1.29 is 4.74 Å². The lowest BCUT2D eigenvalue weighted by molar-refractivity contribution is -0.0444. The van der Waals surface area contributed by atoms with Gasteiger partial charge >= 0.3 is 0 Å². The van der Waals surface area contributed by atoms with Crippen molar-refractivity contribution in [2.45, 2.75) is 60.0 Å². The van der Waals surface area contributed by atoms with Crippen LogP contribution in [0.1, 0.15) is 53.9 Å². The number of ether oxygens (including phenoxy) is 1. The highest BCUT2D eigenvalue weighted by Crippen LogP contribution is 2.46. The highest BCUT2D eigenvalue weighted by atomic mass is 16.5. The third-order valence-corrected chi connectivity index (χ3v) is 2.92. The predicted octanol–water partition coefficient (Wildman–Crippen LogP) is 3.63. The van der Waals surface area contributed by atoms with Crippen LogP contribution >= 0.6 is 0 Å². The van der Waals surface area contributed by atoms with Gasteiger partial charge in [0.05, 0.1) is 6.10 Å². The molecule has 0 bridgehead atoms. The standard InChI is InChI=1S/C12H24O/c1-6-13-10-7-11(2,3)9-12(4,5)8-10/h10H,6-9H2,1-5H3. The van der Waals surface area contributed by atoms with Crippen molar-refractivity contribution in [3.63, 3.8) is 0 Å². The van der Waals surface area contributed by atoms with Crippen molar-refractivity contribution in [3.05, 3.63) is 0 Å². The van der Waals surface area contributed by atoms with Crippen molar-refractivity contribution in [1.82, 2.24) is 0 Å². The maximum absolute atomic E-state index is 5.75. The van der Waals surface area contributed by atoms with Crippen LogP contribution in [0.5, 0.6) is 0 Å². The molecule has 13 heavy (non-hydrogen) atoms. The van der Waals surface area contributed by atoms with E-state index >= 15 is 0 Å². The van der Waals surface area contributed by atoms with Crippen molar-refractivity contribution in [3.8, 4) is 0 Å². The largest absolute Gasteiger partial charge is 0.378 e. The van der Waals surface area contributed by atoms with Crippen LogP contribution in [-0.4, -0.2) is 12.7 Å². The average molecular weight is 184 g/mol. The highest BCUT2D eigenvalue weighted by Gasteiger charge is 2.38. The minimum Gasteiger partial charge on any atom is -0.378 e. The molecule has 1 aliphatic rings. The second-order valence-corrected chi connectivity index (χ2v) is 5.99. The number of hydrogen-bond donors (Lipinski definition) is 0. The first-order valence-electron chi connectivity index (χ1n) is 5.46. The van der Waals surface area contributed by atoms with Gasteiger partial charge in [-0.2, -0.15) is 0 Å². The molecule has 0 saturated heterocycles. The molecular weight excluding hydrogens is 160 g/mol. The fourth-order valence-electron chi connectivity index (χ4n) is 3.10. The lowest BCUT2D eigenvalue weighted by Gasteiger charge is -2.44. The molecule has 1 fully saturated rings. The normalized spacial score (nSPS) is 27.5. The predicted molar refractivity (Wildman–Crippen MR) is 56.8 cm³/mol. The molecule has 1 rings (SSSR count). The lowest BCUT2D eigenvalue weighted by atomic mass is 9.64. The second-order valence-electron chi connectivity index (χ2n) is 5.99. The quantitative estimate of drug-likeness (QED) is 0.637. The molecule has 0 aromatic rings. The molecule has 0 radical (unpaired) electrons. The summed E-state index contributed by atoms with van der Waals surface area (Å²) in [5.74, 6) is 0. The van der Waals surface area contributed by atoms with Crippen LogP contribution in [-0.2, 0) is 4.74 Å². The minimum absolute atomic E-state index is 0.460. The zero-order valence-electron chi connectivity index (χ0n) is 9.81. The van der Waals surface area contributed by atoms with Gasteiger partial charge in [-0.1, -0.05) is 27.7 Å². The van der Waals surface area contributed by atoms with Crippen LogP contribution in [0.25, 0.3) is 0 Å². The first kappa shape index (κ1) is 11.0. The van der Waals surface area contributed by atoms with E-state index in [0.717, 1.165) is 6.61 Å². The van der Waals surface area contributed by atoms with Crippen LogP contribution in [0.4, 0.5) is 0 Å². The van der Waals surface area contributed by atoms with Crippen molar-refractivity contribution in [1.29, 1.82) is 0 Å². The first-order valence-corrected chi connectivity index (χ1v) is 5.46. The molecule has 1 nitrogen and oxygen atoms in total. The van der Waals surface area contributed by atoms with Gasteiger partial charge < -0.3 is 4.74 Å². The Morgan fingerprint density at radius 1 is 1.08 bits per heavy atom. The molecule has 0 unspecified atom stereocenters. The second kappa shape index (κ2) is 3.61. The molecule has 0 spiro atoms. The summed E-state index contributed by atoms with van der Waals surface area (Å²) in [6.07, 6.45) is 4.27. The van der Waals surface area contributed by atoms with Gasteiger partial charge in [-0.3, -0.25) is 0 Å². The van der Waals surface area contributed by atoms with Gasteiger partial charge in [0.25, 0.3) is 0 Å². The number of rotatable bonds is 2. The van der Waals surface area contributed by atoms with Crippen molar-refractivity contribution >= 4 is 0 Å². The molecule has 0 heterocycles. The van der Waals surface area contributed by atoms with E-state index in [1.165, 1.54) is 19.3 Å². The van der Waals surface area contributed by atoms with Gasteiger partial charge in [0.2, 0.25) is 0 Å². The first-order chi connectivity index (χ1) is 5.85. The Morgan fingerprint density at radius 3 is 1.92 bits per heavy atom. The van der Waals surface area contributed by atoms with E-state index in [2.05, 4.69) is 34.6 Å². The van der Waals surface area contributed by atoms with E-state index in [4.69, 9.17) is 4.74 Å². The van der Waals surface area contributed by atoms with Crippen molar-refractivity contribution in [2.24, 2.45) is 10.8 Å². The molecule has 0 atom stereocenters. The minimum atomic E-state index is 0.460. The Kier molecular flexibility index (Phi) is 3.06. The van der Waals surface area contributed by atoms with E-state index in [1.807, 2.05) is 0 Å². The summed E-state index contributed by atoms with van der Waals surface area (Å²) in [6.45, 7) is 12.4. The summed E-state index contributed by atoms with van der Waals surface area (Å²) in [6, 6.07) is 0. The van der Waals surface area contributed by atoms with Gasteiger partial charge in [0, 0.05) is 6.61 Å². The summed E-state index contributed by atoms with van der Waals surface area (Å²) in [7, 11) is 0. The zero-order valence-corrected chi connectivity index (χ0v) is 9.81. The number of hydrogen-bond acceptors (Lipinski definition) is 1. The molecule has 1 saturated carbocycles. The Balaban J connectivity index is 2.61. The fraction of sp³-hybridized carbons (Fsp3) is 1.00. The summed E-state index contributed by atoms with van der Waals surface area (Å²) in [5, 5.41) is 0. The zero-order chi connectivity index (χ0) is 10.1. The Bertz CT molecular complexity index is 154. The summed E-state index contributed by atoms with van der Waals surface area (Å²) in [4.78, 5) is 0. The molecule has 0 N–H and O–H groups in total. The van der Waals surface area contributed by atoms with E-state index in [-0.39, 0.29) is 0 Å². The smallest absolute Gasteiger partial charge is 0.0585 e. The van der Waals surface area contributed by atoms with Gasteiger partial charge in [-0.25, -0.2) is 0 Å². The summed E-state index contributed by atoms with van der Waals surface area (Å²) in [5.41, 5.74) is 0.920. The molecule has 1 aliphatic carbocycles. The maximum atomic E-state index is 5.75. The van der Waals surface area contributed by atoms with E-state index in [9.17, 15) is 0 Å². The van der Waals surface area contributed by atoms with Gasteiger partial charge in [0.15, 0.2) is 0 Å². The SMILES string of the molecule is CCOC1CC(C)(C)CC(C)(C)C1. The molecule has 0 aromatic carbocycles. The van der Waals surface area contributed by atoms with E-state index < -0.39 is 0 Å². The van der Waals surface area contributed by atoms with Crippen LogP contribution in [0.2, 0.25) is 0 Å². The molecule has 0 aromatic heterocycles. The van der Waals surface area contributed by atoms with Crippen LogP contribution in [0, 0.1) is 10.8 Å². The van der Waals surface area contributed by atoms with Crippen LogP contribution in [0.3, 0.4) is 0 Å². The molecule has 0 aliphatic heterocycles. The lowest BCUT2D eigenvalue weighted by Crippen LogP contribution is -2.37. The topological polar surface area (TPSA) is 9.23 Å². The molecule has 78 valence electrons. The van der Waals surface area contributed by atoms with Crippen LogP contribution < -0.4 is 0 Å².